The Morgan fingerprint density at radius 2 is 2.64 bits per heavy atom. The van der Waals surface area contributed by atoms with Crippen LogP contribution in [0.5, 0.6) is 0 Å². The van der Waals surface area contributed by atoms with Crippen LogP contribution in [0.2, 0.25) is 0 Å². The zero-order valence-electron chi connectivity index (χ0n) is 8.55. The number of rotatable bonds is 4. The summed E-state index contributed by atoms with van der Waals surface area (Å²) in [6.07, 6.45) is 5.24. The van der Waals surface area contributed by atoms with E-state index in [2.05, 4.69) is 15.6 Å². The standard InChI is InChI=1S/C10H17N3O/c1-11-6-9-7-13-10(14-9)5-8-3-2-4-12-8/h7-8,11-12H,2-6H2,1H3. The van der Waals surface area contributed by atoms with Gasteiger partial charge >= 0.3 is 0 Å². The lowest BCUT2D eigenvalue weighted by molar-refractivity contribution is 0.422. The minimum absolute atomic E-state index is 0.566. The number of aromatic nitrogens is 1. The summed E-state index contributed by atoms with van der Waals surface area (Å²) in [5.41, 5.74) is 0. The fraction of sp³-hybridized carbons (Fsp3) is 0.700. The Morgan fingerprint density at radius 3 is 3.36 bits per heavy atom. The molecule has 0 aromatic carbocycles. The lowest BCUT2D eigenvalue weighted by Crippen LogP contribution is -2.23. The molecule has 78 valence electrons. The van der Waals surface area contributed by atoms with Crippen LogP contribution in [0, 0.1) is 0 Å². The van der Waals surface area contributed by atoms with E-state index in [0.29, 0.717) is 6.04 Å². The molecule has 2 heterocycles. The first-order valence-electron chi connectivity index (χ1n) is 5.20. The van der Waals surface area contributed by atoms with Gasteiger partial charge in [-0.05, 0) is 26.4 Å². The molecule has 0 spiro atoms. The number of nitrogens with zero attached hydrogens (tertiary/aromatic N) is 1. The van der Waals surface area contributed by atoms with E-state index in [1.807, 2.05) is 7.05 Å². The van der Waals surface area contributed by atoms with Crippen molar-refractivity contribution in [2.45, 2.75) is 31.8 Å². The van der Waals surface area contributed by atoms with E-state index in [0.717, 1.165) is 31.2 Å². The molecule has 1 saturated heterocycles. The summed E-state index contributed by atoms with van der Waals surface area (Å²) in [5, 5.41) is 6.47. The first-order valence-corrected chi connectivity index (χ1v) is 5.20. The fourth-order valence-corrected chi connectivity index (χ4v) is 1.84. The Labute approximate surface area is 84.1 Å². The molecule has 1 aliphatic heterocycles. The molecule has 0 amide bonds. The van der Waals surface area contributed by atoms with E-state index >= 15 is 0 Å². The van der Waals surface area contributed by atoms with Gasteiger partial charge < -0.3 is 15.1 Å². The van der Waals surface area contributed by atoms with E-state index in [1.54, 1.807) is 6.20 Å². The maximum absolute atomic E-state index is 5.57. The van der Waals surface area contributed by atoms with Crippen LogP contribution in [0.15, 0.2) is 10.6 Å². The number of nitrogens with one attached hydrogen (secondary N) is 2. The average Bonchev–Trinajstić information content (AvgIpc) is 2.79. The molecule has 1 aliphatic rings. The van der Waals surface area contributed by atoms with Gasteiger partial charge in [0.25, 0.3) is 0 Å². The highest BCUT2D eigenvalue weighted by Crippen LogP contribution is 2.12. The number of oxazole rings is 1. The Hall–Kier alpha value is -0.870. The molecule has 2 rings (SSSR count). The van der Waals surface area contributed by atoms with Crippen molar-refractivity contribution in [3.63, 3.8) is 0 Å². The normalized spacial score (nSPS) is 21.6. The first kappa shape index (κ1) is 9.68. The van der Waals surface area contributed by atoms with Crippen molar-refractivity contribution in [3.8, 4) is 0 Å². The second-order valence-corrected chi connectivity index (χ2v) is 3.75. The van der Waals surface area contributed by atoms with E-state index < -0.39 is 0 Å². The Kier molecular flexibility index (Phi) is 3.16. The van der Waals surface area contributed by atoms with Crippen LogP contribution in [0.4, 0.5) is 0 Å². The van der Waals surface area contributed by atoms with Gasteiger partial charge in [-0.1, -0.05) is 0 Å². The van der Waals surface area contributed by atoms with Gasteiger partial charge in [0.15, 0.2) is 5.89 Å². The van der Waals surface area contributed by atoms with Gasteiger partial charge in [0.1, 0.15) is 5.76 Å². The van der Waals surface area contributed by atoms with Crippen molar-refractivity contribution in [3.05, 3.63) is 17.8 Å². The molecule has 0 bridgehead atoms. The van der Waals surface area contributed by atoms with Gasteiger partial charge in [0.2, 0.25) is 0 Å². The maximum atomic E-state index is 5.57. The van der Waals surface area contributed by atoms with E-state index in [4.69, 9.17) is 4.42 Å². The summed E-state index contributed by atoms with van der Waals surface area (Å²) < 4.78 is 5.57. The van der Waals surface area contributed by atoms with Crippen LogP contribution in [0.25, 0.3) is 0 Å². The average molecular weight is 195 g/mol. The fourth-order valence-electron chi connectivity index (χ4n) is 1.84. The minimum Gasteiger partial charge on any atom is -0.444 e. The van der Waals surface area contributed by atoms with E-state index in [-0.39, 0.29) is 0 Å². The molecule has 14 heavy (non-hydrogen) atoms. The zero-order valence-corrected chi connectivity index (χ0v) is 8.55. The van der Waals surface area contributed by atoms with E-state index in [9.17, 15) is 0 Å². The van der Waals surface area contributed by atoms with Gasteiger partial charge in [0.05, 0.1) is 12.7 Å². The van der Waals surface area contributed by atoms with Crippen molar-refractivity contribution in [2.75, 3.05) is 13.6 Å². The van der Waals surface area contributed by atoms with Crippen LogP contribution in [0.1, 0.15) is 24.5 Å². The molecule has 0 aliphatic carbocycles. The SMILES string of the molecule is CNCc1cnc(CC2CCCN2)o1. The van der Waals surface area contributed by atoms with Crippen molar-refractivity contribution in [2.24, 2.45) is 0 Å². The third-order valence-corrected chi connectivity index (χ3v) is 2.54. The van der Waals surface area contributed by atoms with E-state index in [1.165, 1.54) is 12.8 Å². The van der Waals surface area contributed by atoms with Crippen molar-refractivity contribution in [1.82, 2.24) is 15.6 Å². The lowest BCUT2D eigenvalue weighted by Gasteiger charge is -2.05. The molecule has 1 aromatic rings. The summed E-state index contributed by atoms with van der Waals surface area (Å²) in [5.74, 6) is 1.77. The van der Waals surface area contributed by atoms with Gasteiger partial charge in [-0.3, -0.25) is 0 Å². The highest BCUT2D eigenvalue weighted by Gasteiger charge is 2.16. The molecule has 1 fully saturated rings. The Bertz CT molecular complexity index is 279. The zero-order chi connectivity index (χ0) is 9.80. The quantitative estimate of drug-likeness (QED) is 0.742. The maximum Gasteiger partial charge on any atom is 0.195 e. The molecule has 0 radical (unpaired) electrons. The molecule has 1 atom stereocenters. The smallest absolute Gasteiger partial charge is 0.195 e. The monoisotopic (exact) mass is 195 g/mol. The minimum atomic E-state index is 0.566. The molecule has 4 heteroatoms. The van der Waals surface area contributed by atoms with Crippen molar-refractivity contribution >= 4 is 0 Å². The van der Waals surface area contributed by atoms with Gasteiger partial charge in [-0.15, -0.1) is 0 Å². The summed E-state index contributed by atoms with van der Waals surface area (Å²) in [6, 6.07) is 0.566. The Balaban J connectivity index is 1.88. The molecule has 0 saturated carbocycles. The number of hydrogen-bond acceptors (Lipinski definition) is 4. The van der Waals surface area contributed by atoms with Crippen LogP contribution in [-0.2, 0) is 13.0 Å². The Morgan fingerprint density at radius 1 is 1.71 bits per heavy atom. The summed E-state index contributed by atoms with van der Waals surface area (Å²) >= 11 is 0. The van der Waals surface area contributed by atoms with Crippen molar-refractivity contribution in [1.29, 1.82) is 0 Å². The predicted molar refractivity (Wildman–Crippen MR) is 54.0 cm³/mol. The third kappa shape index (κ3) is 2.33. The van der Waals surface area contributed by atoms with Gasteiger partial charge in [-0.2, -0.15) is 0 Å². The van der Waals surface area contributed by atoms with Crippen LogP contribution < -0.4 is 10.6 Å². The molecular weight excluding hydrogens is 178 g/mol. The predicted octanol–water partition coefficient (Wildman–Crippen LogP) is 0.688. The van der Waals surface area contributed by atoms with Crippen LogP contribution >= 0.6 is 0 Å². The second-order valence-electron chi connectivity index (χ2n) is 3.75. The molecule has 1 aromatic heterocycles. The highest BCUT2D eigenvalue weighted by molar-refractivity contribution is 4.96. The second kappa shape index (κ2) is 4.57. The highest BCUT2D eigenvalue weighted by atomic mass is 16.4. The lowest BCUT2D eigenvalue weighted by atomic mass is 10.2. The molecule has 4 nitrogen and oxygen atoms in total. The van der Waals surface area contributed by atoms with Crippen LogP contribution in [0.3, 0.4) is 0 Å². The molecule has 2 N–H and O–H groups in total. The molecule has 1 unspecified atom stereocenters. The van der Waals surface area contributed by atoms with Gasteiger partial charge in [0, 0.05) is 12.5 Å². The number of hydrogen-bond donors (Lipinski definition) is 2. The topological polar surface area (TPSA) is 50.1 Å². The largest absolute Gasteiger partial charge is 0.444 e. The molecular formula is C10H17N3O. The first-order chi connectivity index (χ1) is 6.88. The van der Waals surface area contributed by atoms with Crippen LogP contribution in [-0.4, -0.2) is 24.6 Å². The van der Waals surface area contributed by atoms with Crippen molar-refractivity contribution < 1.29 is 4.42 Å². The summed E-state index contributed by atoms with van der Waals surface area (Å²) in [6.45, 7) is 1.89. The summed E-state index contributed by atoms with van der Waals surface area (Å²) in [7, 11) is 1.90. The third-order valence-electron chi connectivity index (χ3n) is 2.54. The summed E-state index contributed by atoms with van der Waals surface area (Å²) in [4.78, 5) is 4.25. The van der Waals surface area contributed by atoms with Gasteiger partial charge in [-0.25, -0.2) is 4.98 Å².